The van der Waals surface area contributed by atoms with Gasteiger partial charge in [0.05, 0.1) is 5.75 Å². The summed E-state index contributed by atoms with van der Waals surface area (Å²) < 4.78 is 25.2. The van der Waals surface area contributed by atoms with Gasteiger partial charge in [0.15, 0.2) is 0 Å². The molecule has 1 fully saturated rings. The van der Waals surface area contributed by atoms with Crippen molar-refractivity contribution in [1.82, 2.24) is 4.31 Å². The third kappa shape index (κ3) is 3.29. The van der Waals surface area contributed by atoms with Crippen LogP contribution in [0.4, 0.5) is 0 Å². The van der Waals surface area contributed by atoms with Crippen molar-refractivity contribution < 1.29 is 13.5 Å². The molecule has 0 amide bonds. The van der Waals surface area contributed by atoms with E-state index < -0.39 is 10.0 Å². The molecule has 1 saturated heterocycles. The molecule has 88 valence electrons. The van der Waals surface area contributed by atoms with Crippen LogP contribution in [0.1, 0.15) is 25.7 Å². The van der Waals surface area contributed by atoms with E-state index in [9.17, 15) is 8.42 Å². The van der Waals surface area contributed by atoms with Gasteiger partial charge in [-0.1, -0.05) is 12.5 Å². The smallest absolute Gasteiger partial charge is 0.217 e. The minimum atomic E-state index is -3.20. The van der Waals surface area contributed by atoms with Gasteiger partial charge in [-0.05, 0) is 19.3 Å². The number of aliphatic hydroxyl groups excluding tert-OH is 1. The fourth-order valence-electron chi connectivity index (χ4n) is 2.02. The fraction of sp³-hybridized carbons (Fsp3) is 0.800. The monoisotopic (exact) mass is 233 g/mol. The zero-order chi connectivity index (χ0) is 11.3. The quantitative estimate of drug-likeness (QED) is 0.713. The number of hydrogen-bond acceptors (Lipinski definition) is 3. The van der Waals surface area contributed by atoms with Crippen LogP contribution in [-0.2, 0) is 10.0 Å². The predicted octanol–water partition coefficient (Wildman–Crippen LogP) is 0.739. The summed E-state index contributed by atoms with van der Waals surface area (Å²) >= 11 is 0. The first kappa shape index (κ1) is 12.7. The van der Waals surface area contributed by atoms with E-state index in [0.29, 0.717) is 13.0 Å². The average molecular weight is 233 g/mol. The zero-order valence-electron chi connectivity index (χ0n) is 8.93. The van der Waals surface area contributed by atoms with Crippen molar-refractivity contribution in [3.63, 3.8) is 0 Å². The Morgan fingerprint density at radius 2 is 2.20 bits per heavy atom. The maximum Gasteiger partial charge on any atom is 0.217 e. The van der Waals surface area contributed by atoms with Crippen LogP contribution in [0.5, 0.6) is 0 Å². The van der Waals surface area contributed by atoms with Crippen LogP contribution in [0.3, 0.4) is 0 Å². The first-order chi connectivity index (χ1) is 7.11. The van der Waals surface area contributed by atoms with E-state index in [1.54, 1.807) is 0 Å². The predicted molar refractivity (Wildman–Crippen MR) is 60.0 cm³/mol. The van der Waals surface area contributed by atoms with E-state index in [1.165, 1.54) is 10.4 Å². The van der Waals surface area contributed by atoms with Gasteiger partial charge in [-0.3, -0.25) is 0 Å². The highest BCUT2D eigenvalue weighted by Gasteiger charge is 2.30. The Hall–Kier alpha value is -0.390. The van der Waals surface area contributed by atoms with Crippen LogP contribution in [0.15, 0.2) is 12.7 Å². The van der Waals surface area contributed by atoms with E-state index in [0.717, 1.165) is 19.3 Å². The number of aliphatic hydroxyl groups is 1. The molecule has 0 spiro atoms. The van der Waals surface area contributed by atoms with Gasteiger partial charge in [-0.25, -0.2) is 8.42 Å². The van der Waals surface area contributed by atoms with Crippen LogP contribution >= 0.6 is 0 Å². The Morgan fingerprint density at radius 1 is 1.47 bits per heavy atom. The summed E-state index contributed by atoms with van der Waals surface area (Å²) in [6, 6.07) is -0.0197. The molecule has 0 aromatic rings. The molecular formula is C10H19NO3S. The molecule has 5 heteroatoms. The van der Waals surface area contributed by atoms with Gasteiger partial charge in [0, 0.05) is 19.2 Å². The summed E-state index contributed by atoms with van der Waals surface area (Å²) in [5.41, 5.74) is 0. The Kier molecular flexibility index (Phi) is 4.76. The van der Waals surface area contributed by atoms with Gasteiger partial charge in [0.1, 0.15) is 0 Å². The lowest BCUT2D eigenvalue weighted by atomic mass is 10.0. The summed E-state index contributed by atoms with van der Waals surface area (Å²) in [7, 11) is -3.20. The molecule has 1 unspecified atom stereocenters. The molecular weight excluding hydrogens is 214 g/mol. The number of sulfonamides is 1. The van der Waals surface area contributed by atoms with Gasteiger partial charge in [-0.15, -0.1) is 6.58 Å². The van der Waals surface area contributed by atoms with Crippen molar-refractivity contribution in [2.45, 2.75) is 31.7 Å². The summed E-state index contributed by atoms with van der Waals surface area (Å²) in [6.45, 7) is 4.09. The first-order valence-electron chi connectivity index (χ1n) is 5.33. The van der Waals surface area contributed by atoms with Crippen LogP contribution < -0.4 is 0 Å². The highest BCUT2D eigenvalue weighted by molar-refractivity contribution is 7.89. The van der Waals surface area contributed by atoms with Gasteiger partial charge < -0.3 is 5.11 Å². The Labute approximate surface area is 91.6 Å². The van der Waals surface area contributed by atoms with Crippen molar-refractivity contribution in [3.05, 3.63) is 12.7 Å². The molecule has 0 aromatic heterocycles. The Morgan fingerprint density at radius 3 is 2.80 bits per heavy atom. The van der Waals surface area contributed by atoms with Gasteiger partial charge >= 0.3 is 0 Å². The molecule has 0 aliphatic carbocycles. The van der Waals surface area contributed by atoms with Crippen molar-refractivity contribution in [2.24, 2.45) is 0 Å². The molecule has 0 aromatic carbocycles. The topological polar surface area (TPSA) is 57.6 Å². The second-order valence-electron chi connectivity index (χ2n) is 3.84. The van der Waals surface area contributed by atoms with Crippen LogP contribution in [0.2, 0.25) is 0 Å². The van der Waals surface area contributed by atoms with Crippen molar-refractivity contribution in [2.75, 3.05) is 18.9 Å². The SMILES string of the molecule is C=CCS(=O)(=O)N1CCCCC1CCO. The standard InChI is InChI=1S/C10H19NO3S/c1-2-9-15(13,14)11-7-4-3-5-10(11)6-8-12/h2,10,12H,1,3-9H2. The number of rotatable bonds is 5. The van der Waals surface area contributed by atoms with Gasteiger partial charge in [0.25, 0.3) is 0 Å². The molecule has 1 aliphatic rings. The average Bonchev–Trinajstić information content (AvgIpc) is 2.19. The zero-order valence-corrected chi connectivity index (χ0v) is 9.75. The molecule has 1 rings (SSSR count). The van der Waals surface area contributed by atoms with Crippen LogP contribution in [0.25, 0.3) is 0 Å². The highest BCUT2D eigenvalue weighted by Crippen LogP contribution is 2.22. The molecule has 0 radical (unpaired) electrons. The largest absolute Gasteiger partial charge is 0.396 e. The van der Waals surface area contributed by atoms with Gasteiger partial charge in [0.2, 0.25) is 10.0 Å². The van der Waals surface area contributed by atoms with E-state index in [2.05, 4.69) is 6.58 Å². The van der Waals surface area contributed by atoms with Crippen LogP contribution in [-0.4, -0.2) is 42.8 Å². The molecule has 0 saturated carbocycles. The molecule has 1 heterocycles. The number of piperidine rings is 1. The summed E-state index contributed by atoms with van der Waals surface area (Å²) in [5, 5.41) is 8.89. The summed E-state index contributed by atoms with van der Waals surface area (Å²) in [5.74, 6) is -0.00503. The summed E-state index contributed by atoms with van der Waals surface area (Å²) in [6.07, 6.45) is 4.77. The maximum atomic E-state index is 11.8. The first-order valence-corrected chi connectivity index (χ1v) is 6.94. The van der Waals surface area contributed by atoms with Crippen molar-refractivity contribution in [3.8, 4) is 0 Å². The molecule has 1 atom stereocenters. The molecule has 1 aliphatic heterocycles. The van der Waals surface area contributed by atoms with E-state index in [4.69, 9.17) is 5.11 Å². The highest BCUT2D eigenvalue weighted by atomic mass is 32.2. The second kappa shape index (κ2) is 5.63. The fourth-order valence-corrected chi connectivity index (χ4v) is 3.58. The third-order valence-corrected chi connectivity index (χ3v) is 4.57. The minimum absolute atomic E-state index is 0.00503. The molecule has 0 bridgehead atoms. The lowest BCUT2D eigenvalue weighted by molar-refractivity contribution is 0.193. The van der Waals surface area contributed by atoms with Crippen molar-refractivity contribution in [1.29, 1.82) is 0 Å². The molecule has 1 N–H and O–H groups in total. The lowest BCUT2D eigenvalue weighted by Crippen LogP contribution is -2.44. The lowest BCUT2D eigenvalue weighted by Gasteiger charge is -2.34. The maximum absolute atomic E-state index is 11.8. The van der Waals surface area contributed by atoms with E-state index in [-0.39, 0.29) is 18.4 Å². The third-order valence-electron chi connectivity index (χ3n) is 2.72. The Bertz CT molecular complexity index is 298. The number of nitrogens with zero attached hydrogens (tertiary/aromatic N) is 1. The van der Waals surface area contributed by atoms with E-state index >= 15 is 0 Å². The second-order valence-corrected chi connectivity index (χ2v) is 5.81. The molecule has 15 heavy (non-hydrogen) atoms. The van der Waals surface area contributed by atoms with Gasteiger partial charge in [-0.2, -0.15) is 4.31 Å². The molecule has 4 nitrogen and oxygen atoms in total. The minimum Gasteiger partial charge on any atom is -0.396 e. The van der Waals surface area contributed by atoms with Crippen LogP contribution in [0, 0.1) is 0 Å². The van der Waals surface area contributed by atoms with Crippen molar-refractivity contribution >= 4 is 10.0 Å². The normalized spacial score (nSPS) is 23.9. The van der Waals surface area contributed by atoms with E-state index in [1.807, 2.05) is 0 Å². The summed E-state index contributed by atoms with van der Waals surface area (Å²) in [4.78, 5) is 0. The Balaban J connectivity index is 2.75. The number of hydrogen-bond donors (Lipinski definition) is 1.